The Morgan fingerprint density at radius 1 is 1.31 bits per heavy atom. The zero-order valence-electron chi connectivity index (χ0n) is 22.1. The summed E-state index contributed by atoms with van der Waals surface area (Å²) < 4.78 is 6.85. The first-order valence-corrected chi connectivity index (χ1v) is 16.7. The van der Waals surface area contributed by atoms with Gasteiger partial charge in [-0.25, -0.2) is 4.79 Å². The predicted octanol–water partition coefficient (Wildman–Crippen LogP) is 4.59. The fourth-order valence-corrected chi connectivity index (χ4v) is 10.0. The lowest BCUT2D eigenvalue weighted by atomic mass is 9.43. The van der Waals surface area contributed by atoms with Gasteiger partial charge in [0.2, 0.25) is 8.32 Å². The fraction of sp³-hybridized carbons (Fsp3) is 0.750. The summed E-state index contributed by atoms with van der Waals surface area (Å²) in [6.45, 7) is 15.2. The first-order valence-electron chi connectivity index (χ1n) is 13.8. The van der Waals surface area contributed by atoms with Crippen molar-refractivity contribution in [2.75, 3.05) is 26.2 Å². The molecular weight excluding hydrogens is 454 g/mol. The van der Waals surface area contributed by atoms with Crippen LogP contribution in [0.3, 0.4) is 0 Å². The third kappa shape index (κ3) is 3.23. The van der Waals surface area contributed by atoms with Crippen LogP contribution in [0.25, 0.3) is 0 Å². The third-order valence-corrected chi connectivity index (χ3v) is 15.6. The molecule has 2 saturated carbocycles. The quantitative estimate of drug-likeness (QED) is 0.519. The highest BCUT2D eigenvalue weighted by molar-refractivity contribution is 6.74. The molecule has 2 heterocycles. The van der Waals surface area contributed by atoms with Gasteiger partial charge < -0.3 is 20.2 Å². The van der Waals surface area contributed by atoms with Gasteiger partial charge in [-0.2, -0.15) is 0 Å². The zero-order chi connectivity index (χ0) is 24.8. The maximum absolute atomic E-state index is 11.1. The number of likely N-dealkylation sites (tertiary alicyclic amines) is 1. The second kappa shape index (κ2) is 7.72. The van der Waals surface area contributed by atoms with Crippen molar-refractivity contribution >= 4 is 14.4 Å². The molecule has 7 heteroatoms. The Balaban J connectivity index is 1.42. The average Bonchev–Trinajstić information content (AvgIpc) is 3.24. The molecule has 6 nitrogen and oxygen atoms in total. The highest BCUT2D eigenvalue weighted by Crippen LogP contribution is 2.74. The van der Waals surface area contributed by atoms with Crippen molar-refractivity contribution in [2.45, 2.75) is 88.5 Å². The zero-order valence-corrected chi connectivity index (χ0v) is 23.1. The maximum atomic E-state index is 11.1. The smallest absolute Gasteiger partial charge is 0.404 e. The van der Waals surface area contributed by atoms with Gasteiger partial charge in [0, 0.05) is 30.6 Å². The standard InChI is InChI=1S/C28H43N3O3Si/c1-26(2,3)35(4,5)34-20-7-6-18-14-23-27-9-8-22-24(19(16-27)17-30-22)28(27,21(18)15-20)10-12-31(23)13-11-29-25(32)33/h6-7,15,19,22-24,29-30H,8-14,16-17H2,1-5H3,(H,32,33)/t19-,22-,23-,24-,27-,28+/m1/s1. The lowest BCUT2D eigenvalue weighted by Crippen LogP contribution is -2.69. The molecule has 3 N–H and O–H groups in total. The molecule has 35 heavy (non-hydrogen) atoms. The monoisotopic (exact) mass is 497 g/mol. The molecule has 2 aliphatic heterocycles. The summed E-state index contributed by atoms with van der Waals surface area (Å²) in [4.78, 5) is 13.8. The molecule has 0 unspecified atom stereocenters. The summed E-state index contributed by atoms with van der Waals surface area (Å²) >= 11 is 0. The Hall–Kier alpha value is -1.57. The van der Waals surface area contributed by atoms with Gasteiger partial charge in [-0.3, -0.25) is 4.90 Å². The normalized spacial score (nSPS) is 37.5. The Kier molecular flexibility index (Phi) is 5.25. The van der Waals surface area contributed by atoms with Crippen LogP contribution in [0.5, 0.6) is 5.75 Å². The van der Waals surface area contributed by atoms with Crippen LogP contribution >= 0.6 is 0 Å². The van der Waals surface area contributed by atoms with E-state index in [1.165, 1.54) is 37.8 Å². The minimum atomic E-state index is -1.91. The summed E-state index contributed by atoms with van der Waals surface area (Å²) in [6.07, 6.45) is 5.25. The van der Waals surface area contributed by atoms with Crippen LogP contribution in [0.1, 0.15) is 57.6 Å². The highest BCUT2D eigenvalue weighted by Gasteiger charge is 2.74. The van der Waals surface area contributed by atoms with Crippen molar-refractivity contribution in [3.8, 4) is 5.75 Å². The molecule has 0 aromatic heterocycles. The average molecular weight is 498 g/mol. The Bertz CT molecular complexity index is 1040. The number of nitrogens with one attached hydrogen (secondary N) is 2. The van der Waals surface area contributed by atoms with Crippen molar-refractivity contribution in [1.29, 1.82) is 0 Å². The van der Waals surface area contributed by atoms with Gasteiger partial charge >= 0.3 is 6.09 Å². The molecule has 0 radical (unpaired) electrons. The van der Waals surface area contributed by atoms with Crippen molar-refractivity contribution in [1.82, 2.24) is 15.5 Å². The summed E-state index contributed by atoms with van der Waals surface area (Å²) in [7, 11) is -1.91. The van der Waals surface area contributed by atoms with Crippen LogP contribution in [0.15, 0.2) is 18.2 Å². The van der Waals surface area contributed by atoms with Crippen LogP contribution in [0.4, 0.5) is 4.79 Å². The number of hydrogen-bond acceptors (Lipinski definition) is 4. The van der Waals surface area contributed by atoms with E-state index in [9.17, 15) is 4.79 Å². The van der Waals surface area contributed by atoms with Crippen molar-refractivity contribution in [2.24, 2.45) is 17.3 Å². The molecule has 4 bridgehead atoms. The number of piperidine rings is 1. The minimum absolute atomic E-state index is 0.176. The van der Waals surface area contributed by atoms with Gasteiger partial charge in [-0.1, -0.05) is 26.8 Å². The number of benzene rings is 1. The summed E-state index contributed by atoms with van der Waals surface area (Å²) in [5.74, 6) is 2.56. The minimum Gasteiger partial charge on any atom is -0.543 e. The second-order valence-corrected chi connectivity index (χ2v) is 18.3. The molecule has 6 rings (SSSR count). The molecule has 5 aliphatic rings. The van der Waals surface area contributed by atoms with Gasteiger partial charge in [0.05, 0.1) is 0 Å². The second-order valence-electron chi connectivity index (χ2n) is 13.6. The van der Waals surface area contributed by atoms with E-state index in [4.69, 9.17) is 9.53 Å². The molecule has 1 aromatic rings. The van der Waals surface area contributed by atoms with Crippen molar-refractivity contribution < 1.29 is 14.3 Å². The molecule has 4 fully saturated rings. The third-order valence-electron chi connectivity index (χ3n) is 11.3. The molecule has 2 saturated heterocycles. The van der Waals surface area contributed by atoms with Gasteiger partial charge in [0.25, 0.3) is 0 Å². The van der Waals surface area contributed by atoms with E-state index in [0.717, 1.165) is 37.1 Å². The fourth-order valence-electron chi connectivity index (χ4n) is 9.02. The van der Waals surface area contributed by atoms with Crippen LogP contribution in [-0.4, -0.2) is 62.7 Å². The van der Waals surface area contributed by atoms with Crippen LogP contribution in [-0.2, 0) is 11.8 Å². The van der Waals surface area contributed by atoms with Gasteiger partial charge in [0.1, 0.15) is 5.75 Å². The summed E-state index contributed by atoms with van der Waals surface area (Å²) in [5.41, 5.74) is 3.66. The molecule has 6 atom stereocenters. The lowest BCUT2D eigenvalue weighted by molar-refractivity contribution is -0.0921. The van der Waals surface area contributed by atoms with E-state index in [1.807, 2.05) is 0 Å². The molecule has 192 valence electrons. The van der Waals surface area contributed by atoms with Gasteiger partial charge in [-0.15, -0.1) is 0 Å². The SMILES string of the molecule is CC(C)(C)[Si](C)(C)Oc1ccc2c(c1)[C@]13CCN(CCNC(=O)O)[C@H](C2)[C@]12CC[C@H]1NC[C@@H](C2)[C@H]13. The molecule has 1 aromatic carbocycles. The maximum Gasteiger partial charge on any atom is 0.404 e. The van der Waals surface area contributed by atoms with Crippen LogP contribution < -0.4 is 15.1 Å². The van der Waals surface area contributed by atoms with Crippen molar-refractivity contribution in [3.63, 3.8) is 0 Å². The molecule has 3 aliphatic carbocycles. The number of hydrogen-bond donors (Lipinski definition) is 3. The van der Waals surface area contributed by atoms with E-state index in [2.05, 4.69) is 67.6 Å². The number of fused-ring (bicyclic) bond motifs is 1. The first-order chi connectivity index (χ1) is 16.5. The molecule has 0 spiro atoms. The topological polar surface area (TPSA) is 73.8 Å². The molecular formula is C28H43N3O3Si. The summed E-state index contributed by atoms with van der Waals surface area (Å²) in [6, 6.07) is 8.25. The number of carboxylic acid groups (broad SMARTS) is 1. The number of carbonyl (C=O) groups is 1. The van der Waals surface area contributed by atoms with Crippen LogP contribution in [0, 0.1) is 17.3 Å². The Morgan fingerprint density at radius 3 is 2.86 bits per heavy atom. The highest BCUT2D eigenvalue weighted by atomic mass is 28.4. The Labute approximate surface area is 211 Å². The van der Waals surface area contributed by atoms with Gasteiger partial charge in [0.15, 0.2) is 0 Å². The number of nitrogens with zero attached hydrogens (tertiary/aromatic N) is 1. The number of amides is 1. The van der Waals surface area contributed by atoms with Crippen LogP contribution in [0.2, 0.25) is 18.1 Å². The molecule has 1 amide bonds. The first kappa shape index (κ1) is 23.8. The van der Waals surface area contributed by atoms with E-state index in [1.54, 1.807) is 5.56 Å². The van der Waals surface area contributed by atoms with E-state index < -0.39 is 14.4 Å². The van der Waals surface area contributed by atoms with Crippen molar-refractivity contribution in [3.05, 3.63) is 29.3 Å². The predicted molar refractivity (Wildman–Crippen MR) is 141 cm³/mol. The van der Waals surface area contributed by atoms with Gasteiger partial charge in [-0.05, 0) is 104 Å². The van der Waals surface area contributed by atoms with E-state index in [-0.39, 0.29) is 10.5 Å². The lowest BCUT2D eigenvalue weighted by Gasteiger charge is -2.66. The van der Waals surface area contributed by atoms with E-state index in [0.29, 0.717) is 24.0 Å². The largest absolute Gasteiger partial charge is 0.543 e. The number of rotatable bonds is 5. The van der Waals surface area contributed by atoms with E-state index >= 15 is 0 Å². The Morgan fingerprint density at radius 2 is 2.11 bits per heavy atom. The summed E-state index contributed by atoms with van der Waals surface area (Å²) in [5, 5.41) is 15.8.